The van der Waals surface area contributed by atoms with E-state index in [1.165, 1.54) is 18.2 Å². The number of phenols is 1. The molecule has 1 aromatic heterocycles. The van der Waals surface area contributed by atoms with Crippen molar-refractivity contribution in [3.05, 3.63) is 78.6 Å². The molecular weight excluding hydrogens is 343 g/mol. The zero-order valence-electron chi connectivity index (χ0n) is 14.6. The highest BCUT2D eigenvalue weighted by atomic mass is 19.1. The van der Waals surface area contributed by atoms with E-state index in [-0.39, 0.29) is 11.6 Å². The third kappa shape index (κ3) is 3.27. The van der Waals surface area contributed by atoms with Gasteiger partial charge in [0.2, 0.25) is 0 Å². The number of methoxy groups -OCH3 is 1. The first kappa shape index (κ1) is 16.8. The molecule has 0 aliphatic carbocycles. The van der Waals surface area contributed by atoms with Gasteiger partial charge in [-0.15, -0.1) is 0 Å². The topological polar surface area (TPSA) is 58.1 Å². The van der Waals surface area contributed by atoms with E-state index in [4.69, 9.17) is 9.72 Å². The number of ether oxygens (including phenoxy) is 1. The van der Waals surface area contributed by atoms with Gasteiger partial charge in [0.1, 0.15) is 23.1 Å². The van der Waals surface area contributed by atoms with Crippen LogP contribution in [-0.4, -0.2) is 22.2 Å². The largest absolute Gasteiger partial charge is 0.508 e. The van der Waals surface area contributed by atoms with Gasteiger partial charge in [-0.05, 0) is 36.4 Å². The van der Waals surface area contributed by atoms with Crippen LogP contribution in [0, 0.1) is 5.82 Å². The maximum Gasteiger partial charge on any atom is 0.142 e. The third-order valence-electron chi connectivity index (χ3n) is 4.32. The molecule has 0 fully saturated rings. The molecule has 0 saturated heterocycles. The van der Waals surface area contributed by atoms with Gasteiger partial charge in [-0.25, -0.2) is 9.37 Å². The molecule has 0 unspecified atom stereocenters. The number of phenolic OH excluding ortho intramolecular Hbond substituents is 1. The van der Waals surface area contributed by atoms with Crippen molar-refractivity contribution in [1.82, 2.24) is 9.97 Å². The molecule has 0 saturated carbocycles. The lowest BCUT2D eigenvalue weighted by atomic mass is 10.1. The van der Waals surface area contributed by atoms with Gasteiger partial charge in [0.15, 0.2) is 0 Å². The Hall–Kier alpha value is -3.60. The number of hydrogen-bond acceptors (Lipinski definition) is 3. The standard InChI is InChI=1S/C22H17FN2O2/c1-27-19-13-17(26)11-12-18(19)22-24-20(14-5-3-2-4-6-14)21(25-22)15-7-9-16(23)10-8-15/h2-13,26H,1H3,(H,24,25). The zero-order valence-corrected chi connectivity index (χ0v) is 14.6. The molecule has 4 aromatic rings. The average Bonchev–Trinajstić information content (AvgIpc) is 3.14. The fourth-order valence-corrected chi connectivity index (χ4v) is 3.01. The molecule has 4 nitrogen and oxygen atoms in total. The van der Waals surface area contributed by atoms with Crippen molar-refractivity contribution in [2.45, 2.75) is 0 Å². The first-order chi connectivity index (χ1) is 13.2. The highest BCUT2D eigenvalue weighted by molar-refractivity contribution is 5.82. The summed E-state index contributed by atoms with van der Waals surface area (Å²) in [7, 11) is 1.54. The number of benzene rings is 3. The van der Waals surface area contributed by atoms with Gasteiger partial charge >= 0.3 is 0 Å². The smallest absolute Gasteiger partial charge is 0.142 e. The summed E-state index contributed by atoms with van der Waals surface area (Å²) in [6, 6.07) is 20.9. The maximum absolute atomic E-state index is 13.4. The Morgan fingerprint density at radius 3 is 2.37 bits per heavy atom. The van der Waals surface area contributed by atoms with Crippen molar-refractivity contribution in [3.63, 3.8) is 0 Å². The molecule has 0 amide bonds. The van der Waals surface area contributed by atoms with Crippen LogP contribution in [0.4, 0.5) is 4.39 Å². The molecular formula is C22H17FN2O2. The maximum atomic E-state index is 13.4. The number of aromatic amines is 1. The van der Waals surface area contributed by atoms with Crippen molar-refractivity contribution in [2.24, 2.45) is 0 Å². The number of aromatic hydroxyl groups is 1. The summed E-state index contributed by atoms with van der Waals surface area (Å²) in [5.74, 6) is 0.934. The van der Waals surface area contributed by atoms with E-state index in [0.29, 0.717) is 11.6 Å². The summed E-state index contributed by atoms with van der Waals surface area (Å²) < 4.78 is 18.8. The van der Waals surface area contributed by atoms with Gasteiger partial charge in [-0.1, -0.05) is 30.3 Å². The number of hydrogen-bond donors (Lipinski definition) is 2. The zero-order chi connectivity index (χ0) is 18.8. The predicted octanol–water partition coefficient (Wildman–Crippen LogP) is 5.26. The molecule has 27 heavy (non-hydrogen) atoms. The number of nitrogens with zero attached hydrogens (tertiary/aromatic N) is 1. The second-order valence-electron chi connectivity index (χ2n) is 6.07. The predicted molar refractivity (Wildman–Crippen MR) is 103 cm³/mol. The van der Waals surface area contributed by atoms with Crippen molar-refractivity contribution in [2.75, 3.05) is 7.11 Å². The van der Waals surface area contributed by atoms with Crippen LogP contribution in [-0.2, 0) is 0 Å². The lowest BCUT2D eigenvalue weighted by Crippen LogP contribution is -1.89. The number of imidazole rings is 1. The molecule has 2 N–H and O–H groups in total. The van der Waals surface area contributed by atoms with Crippen LogP contribution in [0.5, 0.6) is 11.5 Å². The summed E-state index contributed by atoms with van der Waals surface area (Å²) in [5, 5.41) is 9.71. The minimum Gasteiger partial charge on any atom is -0.508 e. The second kappa shape index (κ2) is 6.96. The molecule has 0 bridgehead atoms. The molecule has 134 valence electrons. The normalized spacial score (nSPS) is 10.7. The van der Waals surface area contributed by atoms with Gasteiger partial charge in [0, 0.05) is 17.2 Å². The van der Waals surface area contributed by atoms with E-state index < -0.39 is 0 Å². The summed E-state index contributed by atoms with van der Waals surface area (Å²) in [5.41, 5.74) is 4.03. The van der Waals surface area contributed by atoms with E-state index in [9.17, 15) is 9.50 Å². The molecule has 1 heterocycles. The van der Waals surface area contributed by atoms with Crippen molar-refractivity contribution in [1.29, 1.82) is 0 Å². The van der Waals surface area contributed by atoms with Crippen LogP contribution < -0.4 is 4.74 Å². The SMILES string of the molecule is COc1cc(O)ccc1-c1nc(-c2ccccc2)c(-c2ccc(F)cc2)[nH]1. The fraction of sp³-hybridized carbons (Fsp3) is 0.0455. The van der Waals surface area contributed by atoms with Crippen LogP contribution in [0.25, 0.3) is 33.9 Å². The molecule has 0 spiro atoms. The van der Waals surface area contributed by atoms with Gasteiger partial charge in [0.05, 0.1) is 24.1 Å². The molecule has 4 rings (SSSR count). The van der Waals surface area contributed by atoms with Gasteiger partial charge in [0.25, 0.3) is 0 Å². The van der Waals surface area contributed by atoms with Crippen molar-refractivity contribution < 1.29 is 14.2 Å². The van der Waals surface area contributed by atoms with Gasteiger partial charge in [-0.2, -0.15) is 0 Å². The summed E-state index contributed by atoms with van der Waals surface area (Å²) in [6.07, 6.45) is 0. The van der Waals surface area contributed by atoms with Gasteiger partial charge in [-0.3, -0.25) is 0 Å². The monoisotopic (exact) mass is 360 g/mol. The molecule has 0 atom stereocenters. The molecule has 0 radical (unpaired) electrons. The van der Waals surface area contributed by atoms with Crippen molar-refractivity contribution >= 4 is 0 Å². The molecule has 3 aromatic carbocycles. The average molecular weight is 360 g/mol. The van der Waals surface area contributed by atoms with Crippen LogP contribution in [0.2, 0.25) is 0 Å². The highest BCUT2D eigenvalue weighted by Gasteiger charge is 2.17. The third-order valence-corrected chi connectivity index (χ3v) is 4.32. The van der Waals surface area contributed by atoms with Crippen molar-refractivity contribution in [3.8, 4) is 45.4 Å². The molecule has 0 aliphatic heterocycles. The summed E-state index contributed by atoms with van der Waals surface area (Å²) in [6.45, 7) is 0. The van der Waals surface area contributed by atoms with E-state index in [2.05, 4.69) is 4.98 Å². The Labute approximate surface area is 155 Å². The molecule has 5 heteroatoms. The van der Waals surface area contributed by atoms with E-state index in [1.54, 1.807) is 31.4 Å². The van der Waals surface area contributed by atoms with Crippen LogP contribution in [0.3, 0.4) is 0 Å². The number of halogens is 1. The minimum absolute atomic E-state index is 0.115. The Morgan fingerprint density at radius 2 is 1.67 bits per heavy atom. The Kier molecular flexibility index (Phi) is 4.34. The fourth-order valence-electron chi connectivity index (χ4n) is 3.01. The summed E-state index contributed by atoms with van der Waals surface area (Å²) in [4.78, 5) is 8.11. The lowest BCUT2D eigenvalue weighted by Gasteiger charge is -2.06. The molecule has 0 aliphatic rings. The Balaban J connectivity index is 1.92. The van der Waals surface area contributed by atoms with Crippen LogP contribution in [0.15, 0.2) is 72.8 Å². The first-order valence-electron chi connectivity index (χ1n) is 8.44. The Morgan fingerprint density at radius 1 is 0.926 bits per heavy atom. The number of aromatic nitrogens is 2. The van der Waals surface area contributed by atoms with E-state index >= 15 is 0 Å². The first-order valence-corrected chi connectivity index (χ1v) is 8.44. The number of nitrogens with one attached hydrogen (secondary N) is 1. The van der Waals surface area contributed by atoms with Gasteiger partial charge < -0.3 is 14.8 Å². The quantitative estimate of drug-likeness (QED) is 0.522. The number of H-pyrrole nitrogens is 1. The van der Waals surface area contributed by atoms with Crippen LogP contribution >= 0.6 is 0 Å². The second-order valence-corrected chi connectivity index (χ2v) is 6.07. The minimum atomic E-state index is -0.292. The highest BCUT2D eigenvalue weighted by Crippen LogP contribution is 2.37. The van der Waals surface area contributed by atoms with Crippen LogP contribution in [0.1, 0.15) is 0 Å². The van der Waals surface area contributed by atoms with E-state index in [0.717, 1.165) is 28.1 Å². The number of rotatable bonds is 4. The Bertz CT molecular complexity index is 1070. The van der Waals surface area contributed by atoms with E-state index in [1.807, 2.05) is 30.3 Å². The lowest BCUT2D eigenvalue weighted by molar-refractivity contribution is 0.409. The summed E-state index contributed by atoms with van der Waals surface area (Å²) >= 11 is 0.